The summed E-state index contributed by atoms with van der Waals surface area (Å²) in [6, 6.07) is 21.0. The molecule has 38 heavy (non-hydrogen) atoms. The second-order valence-electron chi connectivity index (χ2n) is 8.22. The molecule has 2 N–H and O–H groups in total. The smallest absolute Gasteiger partial charge is 0.322 e. The van der Waals surface area contributed by atoms with Crippen molar-refractivity contribution in [3.8, 4) is 17.0 Å². The second-order valence-corrected chi connectivity index (χ2v) is 10.1. The third kappa shape index (κ3) is 6.90. The number of aromatic nitrogens is 3. The Labute approximate surface area is 221 Å². The Morgan fingerprint density at radius 3 is 2.47 bits per heavy atom. The lowest BCUT2D eigenvalue weighted by Gasteiger charge is -2.22. The fourth-order valence-electron chi connectivity index (χ4n) is 3.69. The molecule has 0 fully saturated rings. The van der Waals surface area contributed by atoms with Crippen molar-refractivity contribution in [1.82, 2.24) is 19.3 Å². The predicted octanol–water partition coefficient (Wildman–Crippen LogP) is 3.82. The summed E-state index contributed by atoms with van der Waals surface area (Å²) in [5.74, 6) is -0.150. The van der Waals surface area contributed by atoms with Crippen LogP contribution in [0.5, 0.6) is 5.88 Å². The van der Waals surface area contributed by atoms with Crippen LogP contribution in [-0.4, -0.2) is 51.9 Å². The van der Waals surface area contributed by atoms with Gasteiger partial charge < -0.3 is 15.2 Å². The summed E-state index contributed by atoms with van der Waals surface area (Å²) in [5, 5.41) is 11.6. The van der Waals surface area contributed by atoms with Crippen molar-refractivity contribution < 1.29 is 23.1 Å². The minimum Gasteiger partial charge on any atom is -0.480 e. The zero-order valence-electron chi connectivity index (χ0n) is 20.7. The molecule has 0 amide bonds. The van der Waals surface area contributed by atoms with Crippen molar-refractivity contribution in [2.75, 3.05) is 18.5 Å². The predicted molar refractivity (Wildman–Crippen MR) is 142 cm³/mol. The number of carbonyl (C=O) groups is 1. The van der Waals surface area contributed by atoms with E-state index in [0.29, 0.717) is 24.0 Å². The highest BCUT2D eigenvalue weighted by Gasteiger charge is 2.26. The van der Waals surface area contributed by atoms with Crippen molar-refractivity contribution in [3.05, 3.63) is 96.4 Å². The summed E-state index contributed by atoms with van der Waals surface area (Å²) in [6.45, 7) is 2.15. The van der Waals surface area contributed by atoms with Gasteiger partial charge in [0.25, 0.3) is 10.0 Å². The van der Waals surface area contributed by atoms with Crippen molar-refractivity contribution >= 4 is 21.8 Å². The Kier molecular flexibility index (Phi) is 8.62. The monoisotopic (exact) mass is 533 g/mol. The first-order valence-electron chi connectivity index (χ1n) is 11.9. The van der Waals surface area contributed by atoms with Crippen LogP contribution in [0, 0.1) is 0 Å². The van der Waals surface area contributed by atoms with Gasteiger partial charge in [0.05, 0.1) is 18.8 Å². The summed E-state index contributed by atoms with van der Waals surface area (Å²) in [5.41, 5.74) is 3.10. The van der Waals surface area contributed by atoms with Gasteiger partial charge in [-0.15, -0.1) is 0 Å². The SMILES string of the molecule is CCOc1cc(-c2ccc(CN(Cc3cccc(NCC(=O)O)n3)S(=O)(=O)c3ccccn3)cc2)ccn1. The van der Waals surface area contributed by atoms with E-state index >= 15 is 0 Å². The third-order valence-electron chi connectivity index (χ3n) is 5.48. The molecule has 0 aliphatic heterocycles. The van der Waals surface area contributed by atoms with E-state index in [1.165, 1.54) is 16.6 Å². The lowest BCUT2D eigenvalue weighted by molar-refractivity contribution is -0.134. The number of hydrogen-bond acceptors (Lipinski definition) is 8. The highest BCUT2D eigenvalue weighted by molar-refractivity contribution is 7.89. The van der Waals surface area contributed by atoms with Crippen LogP contribution in [0.1, 0.15) is 18.2 Å². The molecule has 0 saturated carbocycles. The molecule has 0 spiro atoms. The number of sulfonamides is 1. The van der Waals surface area contributed by atoms with Crippen molar-refractivity contribution in [3.63, 3.8) is 0 Å². The number of ether oxygens (including phenoxy) is 1. The molecule has 0 unspecified atom stereocenters. The van der Waals surface area contributed by atoms with Crippen LogP contribution < -0.4 is 10.1 Å². The van der Waals surface area contributed by atoms with Crippen molar-refractivity contribution in [1.29, 1.82) is 0 Å². The average molecular weight is 534 g/mol. The van der Waals surface area contributed by atoms with Gasteiger partial charge >= 0.3 is 5.97 Å². The topological polar surface area (TPSA) is 135 Å². The first-order chi connectivity index (χ1) is 18.3. The molecule has 4 aromatic rings. The molecule has 0 saturated heterocycles. The number of nitrogens with one attached hydrogen (secondary N) is 1. The number of nitrogens with zero attached hydrogens (tertiary/aromatic N) is 4. The summed E-state index contributed by atoms with van der Waals surface area (Å²) in [4.78, 5) is 23.5. The highest BCUT2D eigenvalue weighted by Crippen LogP contribution is 2.25. The molecular formula is C27H27N5O5S. The van der Waals surface area contributed by atoms with E-state index in [2.05, 4.69) is 20.3 Å². The number of rotatable bonds is 12. The Bertz CT molecular complexity index is 1480. The third-order valence-corrected chi connectivity index (χ3v) is 7.19. The number of carboxylic acids is 1. The Balaban J connectivity index is 1.60. The Hall–Kier alpha value is -4.35. The molecule has 3 aromatic heterocycles. The van der Waals surface area contributed by atoms with E-state index in [1.807, 2.05) is 43.3 Å². The van der Waals surface area contributed by atoms with Gasteiger partial charge in [0.15, 0.2) is 5.03 Å². The molecule has 0 atom stereocenters. The number of anilines is 1. The average Bonchev–Trinajstić information content (AvgIpc) is 2.93. The van der Waals surface area contributed by atoms with E-state index in [4.69, 9.17) is 9.84 Å². The maximum absolute atomic E-state index is 13.5. The molecule has 1 aromatic carbocycles. The standard InChI is InChI=1S/C27H27N5O5S/c1-2-37-25-16-22(13-15-28-25)21-11-9-20(10-12-21)18-32(38(35,36)26-8-3-4-14-29-26)19-23-6-5-7-24(31-23)30-17-27(33)34/h3-16H,2,17-19H2,1H3,(H,30,31)(H,33,34). The molecule has 0 aliphatic rings. The summed E-state index contributed by atoms with van der Waals surface area (Å²) in [7, 11) is -3.97. The second kappa shape index (κ2) is 12.3. The number of pyridine rings is 3. The van der Waals surface area contributed by atoms with Gasteiger partial charge in [-0.25, -0.2) is 23.4 Å². The number of carboxylic acid groups (broad SMARTS) is 1. The fourth-order valence-corrected chi connectivity index (χ4v) is 5.02. The van der Waals surface area contributed by atoms with E-state index < -0.39 is 16.0 Å². The molecule has 196 valence electrons. The van der Waals surface area contributed by atoms with Crippen molar-refractivity contribution in [2.45, 2.75) is 25.0 Å². The lowest BCUT2D eigenvalue weighted by atomic mass is 10.1. The van der Waals surface area contributed by atoms with Crippen LogP contribution in [0.25, 0.3) is 11.1 Å². The Morgan fingerprint density at radius 1 is 0.947 bits per heavy atom. The van der Waals surface area contributed by atoms with Crippen LogP contribution in [-0.2, 0) is 27.9 Å². The van der Waals surface area contributed by atoms with Gasteiger partial charge in [0.1, 0.15) is 12.4 Å². The number of benzene rings is 1. The van der Waals surface area contributed by atoms with Gasteiger partial charge in [-0.05, 0) is 53.9 Å². The largest absolute Gasteiger partial charge is 0.480 e. The molecule has 11 heteroatoms. The minimum atomic E-state index is -3.97. The van der Waals surface area contributed by atoms with E-state index in [0.717, 1.165) is 16.7 Å². The fraction of sp³-hybridized carbons (Fsp3) is 0.185. The van der Waals surface area contributed by atoms with Gasteiger partial charge in [-0.3, -0.25) is 4.79 Å². The summed E-state index contributed by atoms with van der Waals surface area (Å²) < 4.78 is 33.9. The maximum Gasteiger partial charge on any atom is 0.322 e. The van der Waals surface area contributed by atoms with Crippen LogP contribution >= 0.6 is 0 Å². The molecule has 10 nitrogen and oxygen atoms in total. The van der Waals surface area contributed by atoms with Gasteiger partial charge in [0.2, 0.25) is 5.88 Å². The van der Waals surface area contributed by atoms with Crippen molar-refractivity contribution in [2.24, 2.45) is 0 Å². The molecule has 0 radical (unpaired) electrons. The number of hydrogen-bond donors (Lipinski definition) is 2. The highest BCUT2D eigenvalue weighted by atomic mass is 32.2. The first-order valence-corrected chi connectivity index (χ1v) is 13.3. The first kappa shape index (κ1) is 26.7. The van der Waals surface area contributed by atoms with E-state index in [1.54, 1.807) is 36.5 Å². The van der Waals surface area contributed by atoms with Gasteiger partial charge in [-0.2, -0.15) is 4.31 Å². The molecule has 4 rings (SSSR count). The van der Waals surface area contributed by atoms with E-state index in [9.17, 15) is 13.2 Å². The van der Waals surface area contributed by atoms with Crippen LogP contribution in [0.4, 0.5) is 5.82 Å². The lowest BCUT2D eigenvalue weighted by Crippen LogP contribution is -2.31. The normalized spacial score (nSPS) is 11.3. The molecular weight excluding hydrogens is 506 g/mol. The molecule has 3 heterocycles. The quantitative estimate of drug-likeness (QED) is 0.279. The van der Waals surface area contributed by atoms with Gasteiger partial charge in [-0.1, -0.05) is 36.4 Å². The van der Waals surface area contributed by atoms with E-state index in [-0.39, 0.29) is 24.7 Å². The number of aliphatic carboxylic acids is 1. The minimum absolute atomic E-state index is 0.0364. The zero-order valence-corrected chi connectivity index (χ0v) is 21.5. The Morgan fingerprint density at radius 2 is 1.76 bits per heavy atom. The molecule has 0 bridgehead atoms. The summed E-state index contributed by atoms with van der Waals surface area (Å²) >= 11 is 0. The van der Waals surface area contributed by atoms with Gasteiger partial charge in [0, 0.05) is 25.0 Å². The van der Waals surface area contributed by atoms with Crippen LogP contribution in [0.2, 0.25) is 0 Å². The van der Waals surface area contributed by atoms with Crippen LogP contribution in [0.15, 0.2) is 90.2 Å². The van der Waals surface area contributed by atoms with Crippen LogP contribution in [0.3, 0.4) is 0 Å². The maximum atomic E-state index is 13.5. The summed E-state index contributed by atoms with van der Waals surface area (Å²) in [6.07, 6.45) is 3.11. The zero-order chi connectivity index (χ0) is 27.0. The molecule has 0 aliphatic carbocycles.